The SMILES string of the molecule is Cn1cc2c(=O)n(C)c(N3CCC(Oc4cccc5c4ccn5CC(N)=O)CC3)nc2n1. The van der Waals surface area contributed by atoms with Crippen molar-refractivity contribution in [3.05, 3.63) is 47.0 Å². The first-order valence-corrected chi connectivity index (χ1v) is 10.6. The molecule has 0 saturated carbocycles. The molecule has 4 aromatic rings. The third kappa shape index (κ3) is 3.47. The van der Waals surface area contributed by atoms with E-state index in [2.05, 4.69) is 15.0 Å². The van der Waals surface area contributed by atoms with Crippen LogP contribution in [0.1, 0.15) is 12.8 Å². The molecule has 0 atom stereocenters. The molecule has 1 aromatic carbocycles. The molecule has 1 amide bonds. The Morgan fingerprint density at radius 3 is 2.72 bits per heavy atom. The molecule has 10 nitrogen and oxygen atoms in total. The van der Waals surface area contributed by atoms with Gasteiger partial charge in [0.25, 0.3) is 5.56 Å². The van der Waals surface area contributed by atoms with Crippen LogP contribution in [0, 0.1) is 0 Å². The van der Waals surface area contributed by atoms with Gasteiger partial charge in [0.1, 0.15) is 23.8 Å². The quantitative estimate of drug-likeness (QED) is 0.503. The van der Waals surface area contributed by atoms with Crippen LogP contribution in [-0.2, 0) is 25.4 Å². The number of rotatable bonds is 5. The Kier molecular flexibility index (Phi) is 4.84. The summed E-state index contributed by atoms with van der Waals surface area (Å²) in [6, 6.07) is 7.77. The summed E-state index contributed by atoms with van der Waals surface area (Å²) < 4.78 is 11.4. The Morgan fingerprint density at radius 1 is 1.19 bits per heavy atom. The predicted octanol–water partition coefficient (Wildman–Crippen LogP) is 1.15. The molecule has 1 aliphatic heterocycles. The molecule has 3 aromatic heterocycles. The number of anilines is 1. The number of nitrogens with zero attached hydrogens (tertiary/aromatic N) is 6. The van der Waals surface area contributed by atoms with Gasteiger partial charge in [-0.2, -0.15) is 10.1 Å². The van der Waals surface area contributed by atoms with E-state index >= 15 is 0 Å². The maximum absolute atomic E-state index is 12.7. The minimum atomic E-state index is -0.381. The average molecular weight is 435 g/mol. The van der Waals surface area contributed by atoms with E-state index in [0.29, 0.717) is 17.0 Å². The zero-order valence-electron chi connectivity index (χ0n) is 18.1. The Hall–Kier alpha value is -3.82. The highest BCUT2D eigenvalue weighted by Crippen LogP contribution is 2.29. The van der Waals surface area contributed by atoms with Gasteiger partial charge in [-0.3, -0.25) is 18.8 Å². The summed E-state index contributed by atoms with van der Waals surface area (Å²) in [5.41, 5.74) is 6.64. The fourth-order valence-electron chi connectivity index (χ4n) is 4.39. The van der Waals surface area contributed by atoms with Gasteiger partial charge in [-0.25, -0.2) is 0 Å². The minimum Gasteiger partial charge on any atom is -0.490 e. The largest absolute Gasteiger partial charge is 0.490 e. The van der Waals surface area contributed by atoms with Gasteiger partial charge in [0, 0.05) is 57.8 Å². The predicted molar refractivity (Wildman–Crippen MR) is 121 cm³/mol. The number of fused-ring (bicyclic) bond motifs is 2. The first kappa shape index (κ1) is 20.1. The number of nitrogens with two attached hydrogens (primary N) is 1. The number of carbonyl (C=O) groups excluding carboxylic acids is 1. The lowest BCUT2D eigenvalue weighted by atomic mass is 10.1. The molecule has 32 heavy (non-hydrogen) atoms. The molecule has 10 heteroatoms. The van der Waals surface area contributed by atoms with Crippen LogP contribution in [-0.4, -0.2) is 49.0 Å². The van der Waals surface area contributed by atoms with Crippen molar-refractivity contribution in [2.45, 2.75) is 25.5 Å². The summed E-state index contributed by atoms with van der Waals surface area (Å²) in [4.78, 5) is 30.7. The van der Waals surface area contributed by atoms with Crippen molar-refractivity contribution in [1.29, 1.82) is 0 Å². The number of benzene rings is 1. The number of aromatic nitrogens is 5. The Balaban J connectivity index is 1.32. The number of amides is 1. The van der Waals surface area contributed by atoms with E-state index in [-0.39, 0.29) is 24.1 Å². The number of hydrogen-bond donors (Lipinski definition) is 1. The molecule has 0 spiro atoms. The van der Waals surface area contributed by atoms with E-state index in [9.17, 15) is 9.59 Å². The van der Waals surface area contributed by atoms with E-state index in [1.807, 2.05) is 35.0 Å². The van der Waals surface area contributed by atoms with Crippen LogP contribution in [0.5, 0.6) is 5.75 Å². The first-order chi connectivity index (χ1) is 15.4. The molecule has 1 aliphatic rings. The summed E-state index contributed by atoms with van der Waals surface area (Å²) >= 11 is 0. The fraction of sp³-hybridized carbons (Fsp3) is 0.364. The number of hydrogen-bond acceptors (Lipinski definition) is 6. The van der Waals surface area contributed by atoms with Gasteiger partial charge in [-0.05, 0) is 18.2 Å². The molecule has 0 radical (unpaired) electrons. The monoisotopic (exact) mass is 435 g/mol. The molecule has 0 unspecified atom stereocenters. The molecule has 2 N–H and O–H groups in total. The number of carbonyl (C=O) groups is 1. The zero-order chi connectivity index (χ0) is 22.4. The molecule has 166 valence electrons. The summed E-state index contributed by atoms with van der Waals surface area (Å²) in [6.45, 7) is 1.58. The van der Waals surface area contributed by atoms with Crippen molar-refractivity contribution in [2.75, 3.05) is 18.0 Å². The topological polar surface area (TPSA) is 113 Å². The van der Waals surface area contributed by atoms with Gasteiger partial charge in [-0.1, -0.05) is 6.07 Å². The van der Waals surface area contributed by atoms with Gasteiger partial charge >= 0.3 is 0 Å². The minimum absolute atomic E-state index is 0.0481. The van der Waals surface area contributed by atoms with Crippen LogP contribution in [0.15, 0.2) is 41.5 Å². The van der Waals surface area contributed by atoms with Crippen LogP contribution in [0.4, 0.5) is 5.95 Å². The average Bonchev–Trinajstić information content (AvgIpc) is 3.35. The third-order valence-electron chi connectivity index (χ3n) is 5.97. The normalized spacial score (nSPS) is 15.0. The van der Waals surface area contributed by atoms with E-state index in [0.717, 1.165) is 42.6 Å². The zero-order valence-corrected chi connectivity index (χ0v) is 18.1. The third-order valence-corrected chi connectivity index (χ3v) is 5.97. The Bertz CT molecular complexity index is 1380. The van der Waals surface area contributed by atoms with Gasteiger partial charge < -0.3 is 19.9 Å². The number of primary amides is 1. The van der Waals surface area contributed by atoms with Crippen molar-refractivity contribution >= 4 is 33.8 Å². The number of ether oxygens (including phenoxy) is 1. The first-order valence-electron chi connectivity index (χ1n) is 10.6. The second-order valence-electron chi connectivity index (χ2n) is 8.22. The van der Waals surface area contributed by atoms with Crippen LogP contribution in [0.25, 0.3) is 21.9 Å². The lowest BCUT2D eigenvalue weighted by Gasteiger charge is -2.33. The summed E-state index contributed by atoms with van der Waals surface area (Å²) in [6.07, 6.45) is 5.20. The van der Waals surface area contributed by atoms with Gasteiger partial charge in [0.15, 0.2) is 5.65 Å². The molecular weight excluding hydrogens is 410 g/mol. The van der Waals surface area contributed by atoms with Gasteiger partial charge in [0.2, 0.25) is 11.9 Å². The Morgan fingerprint density at radius 2 is 1.97 bits per heavy atom. The lowest BCUT2D eigenvalue weighted by Crippen LogP contribution is -2.41. The summed E-state index contributed by atoms with van der Waals surface area (Å²) in [7, 11) is 3.53. The van der Waals surface area contributed by atoms with E-state index in [1.165, 1.54) is 0 Å². The van der Waals surface area contributed by atoms with Crippen LogP contribution in [0.2, 0.25) is 0 Å². The standard InChI is InChI=1S/C22H25N7O3/c1-26-12-16-20(25-26)24-22(27(2)21(16)31)28-9-6-14(7-10-28)32-18-5-3-4-17-15(18)8-11-29(17)13-19(23)30/h3-5,8,11-12,14H,6-7,9-10,13H2,1-2H3,(H2,23,30). The fourth-order valence-corrected chi connectivity index (χ4v) is 4.39. The molecule has 5 rings (SSSR count). The van der Waals surface area contributed by atoms with Crippen LogP contribution < -0.4 is 20.9 Å². The second kappa shape index (κ2) is 7.70. The van der Waals surface area contributed by atoms with Crippen LogP contribution >= 0.6 is 0 Å². The maximum Gasteiger partial charge on any atom is 0.265 e. The lowest BCUT2D eigenvalue weighted by molar-refractivity contribution is -0.118. The highest BCUT2D eigenvalue weighted by Gasteiger charge is 2.25. The van der Waals surface area contributed by atoms with E-state index in [1.54, 1.807) is 29.5 Å². The van der Waals surface area contributed by atoms with Crippen LogP contribution in [0.3, 0.4) is 0 Å². The molecule has 1 fully saturated rings. The van der Waals surface area contributed by atoms with Gasteiger partial charge in [0.05, 0.1) is 5.52 Å². The molecule has 1 saturated heterocycles. The highest BCUT2D eigenvalue weighted by molar-refractivity contribution is 5.88. The smallest absolute Gasteiger partial charge is 0.265 e. The highest BCUT2D eigenvalue weighted by atomic mass is 16.5. The summed E-state index contributed by atoms with van der Waals surface area (Å²) in [5, 5.41) is 5.78. The number of piperidine rings is 1. The molecular formula is C22H25N7O3. The molecule has 0 aliphatic carbocycles. The van der Waals surface area contributed by atoms with Crippen molar-refractivity contribution < 1.29 is 9.53 Å². The second-order valence-corrected chi connectivity index (χ2v) is 8.22. The summed E-state index contributed by atoms with van der Waals surface area (Å²) in [5.74, 6) is 1.04. The van der Waals surface area contributed by atoms with E-state index in [4.69, 9.17) is 10.5 Å². The Labute approximate surface area is 183 Å². The van der Waals surface area contributed by atoms with Crippen molar-refractivity contribution in [3.63, 3.8) is 0 Å². The molecule has 4 heterocycles. The van der Waals surface area contributed by atoms with Crippen molar-refractivity contribution in [2.24, 2.45) is 19.8 Å². The maximum atomic E-state index is 12.7. The number of aryl methyl sites for hydroxylation is 1. The van der Waals surface area contributed by atoms with Crippen molar-refractivity contribution in [3.8, 4) is 5.75 Å². The van der Waals surface area contributed by atoms with Crippen molar-refractivity contribution in [1.82, 2.24) is 23.9 Å². The van der Waals surface area contributed by atoms with Gasteiger partial charge in [-0.15, -0.1) is 0 Å². The molecule has 0 bridgehead atoms. The van der Waals surface area contributed by atoms with E-state index < -0.39 is 0 Å².